The van der Waals surface area contributed by atoms with Crippen LogP contribution in [0.4, 0.5) is 0 Å². The number of benzene rings is 1. The van der Waals surface area contributed by atoms with Gasteiger partial charge < -0.3 is 0 Å². The number of rotatable bonds is 3. The molecular weight excluding hydrogens is 367 g/mol. The lowest BCUT2D eigenvalue weighted by Crippen LogP contribution is -2.36. The Kier molecular flexibility index (Phi) is 4.04. The van der Waals surface area contributed by atoms with E-state index in [4.69, 9.17) is 5.84 Å². The highest BCUT2D eigenvalue weighted by molar-refractivity contribution is 14.1. The number of nitrogens with two attached hydrogens (primary N) is 1. The van der Waals surface area contributed by atoms with Crippen LogP contribution in [0, 0.1) is 9.49 Å². The van der Waals surface area contributed by atoms with E-state index >= 15 is 0 Å². The Morgan fingerprint density at radius 3 is 2.73 bits per heavy atom. The third-order valence-corrected chi connectivity index (χ3v) is 4.49. The fourth-order valence-electron chi connectivity index (χ4n) is 2.01. The van der Waals surface area contributed by atoms with Crippen molar-refractivity contribution in [1.82, 2.24) is 5.43 Å². The molecule has 0 aliphatic heterocycles. The molecule has 1 unspecified atom stereocenters. The molecule has 1 atom stereocenters. The Labute approximate surface area is 112 Å². The molecular formula is C11H14BrIN2. The first-order valence-corrected chi connectivity index (χ1v) is 7.00. The second-order valence-corrected chi connectivity index (χ2v) is 6.10. The van der Waals surface area contributed by atoms with Crippen LogP contribution in [0.25, 0.3) is 0 Å². The summed E-state index contributed by atoms with van der Waals surface area (Å²) in [5.41, 5.74) is 4.24. The van der Waals surface area contributed by atoms with Gasteiger partial charge in [-0.25, -0.2) is 0 Å². The molecule has 0 aromatic heterocycles. The smallest absolute Gasteiger partial charge is 0.0499 e. The molecule has 0 saturated heterocycles. The summed E-state index contributed by atoms with van der Waals surface area (Å²) in [5.74, 6) is 6.36. The third kappa shape index (κ3) is 2.54. The van der Waals surface area contributed by atoms with Crippen molar-refractivity contribution >= 4 is 38.5 Å². The first kappa shape index (κ1) is 11.8. The topological polar surface area (TPSA) is 38.0 Å². The van der Waals surface area contributed by atoms with E-state index in [1.165, 1.54) is 28.4 Å². The lowest BCUT2D eigenvalue weighted by Gasteiger charge is -2.34. The molecule has 1 saturated carbocycles. The van der Waals surface area contributed by atoms with Crippen LogP contribution in [0.1, 0.15) is 30.9 Å². The van der Waals surface area contributed by atoms with E-state index in [0.29, 0.717) is 12.0 Å². The fourth-order valence-corrected chi connectivity index (χ4v) is 3.01. The predicted octanol–water partition coefficient (Wildman–Crippen LogP) is 3.36. The van der Waals surface area contributed by atoms with Gasteiger partial charge in [0.2, 0.25) is 0 Å². The second-order valence-electron chi connectivity index (χ2n) is 4.00. The largest absolute Gasteiger partial charge is 0.271 e. The van der Waals surface area contributed by atoms with Crippen molar-refractivity contribution in [2.75, 3.05) is 0 Å². The standard InChI is InChI=1S/C11H14BrIN2/c12-10-5-4-8(13)6-9(10)11(15-14)7-2-1-3-7/h4-7,11,15H,1-3,14H2. The molecule has 1 fully saturated rings. The molecule has 82 valence electrons. The molecule has 0 amide bonds. The highest BCUT2D eigenvalue weighted by Gasteiger charge is 2.28. The van der Waals surface area contributed by atoms with E-state index in [2.05, 4.69) is 62.1 Å². The summed E-state index contributed by atoms with van der Waals surface area (Å²) in [6.45, 7) is 0. The molecule has 1 aliphatic carbocycles. The minimum atomic E-state index is 0.294. The van der Waals surface area contributed by atoms with Crippen molar-refractivity contribution in [3.63, 3.8) is 0 Å². The maximum atomic E-state index is 5.66. The van der Waals surface area contributed by atoms with E-state index < -0.39 is 0 Å². The van der Waals surface area contributed by atoms with Gasteiger partial charge in [0, 0.05) is 14.1 Å². The summed E-state index contributed by atoms with van der Waals surface area (Å²) >= 11 is 5.93. The van der Waals surface area contributed by atoms with Gasteiger partial charge in [0.1, 0.15) is 0 Å². The van der Waals surface area contributed by atoms with Gasteiger partial charge >= 0.3 is 0 Å². The molecule has 0 radical (unpaired) electrons. The lowest BCUT2D eigenvalue weighted by atomic mass is 9.77. The number of hydrazine groups is 1. The summed E-state index contributed by atoms with van der Waals surface area (Å²) in [6, 6.07) is 6.69. The van der Waals surface area contributed by atoms with E-state index in [-0.39, 0.29) is 0 Å². The molecule has 0 heterocycles. The SMILES string of the molecule is NNC(c1cc(I)ccc1Br)C1CCC1. The van der Waals surface area contributed by atoms with E-state index in [1.54, 1.807) is 0 Å². The molecule has 3 N–H and O–H groups in total. The summed E-state index contributed by atoms with van der Waals surface area (Å²) in [6.07, 6.45) is 3.91. The van der Waals surface area contributed by atoms with Crippen molar-refractivity contribution in [3.8, 4) is 0 Å². The predicted molar refractivity (Wildman–Crippen MR) is 74.3 cm³/mol. The molecule has 1 aromatic carbocycles. The van der Waals surface area contributed by atoms with Crippen LogP contribution in [0.5, 0.6) is 0 Å². The molecule has 1 aliphatic rings. The first-order chi connectivity index (χ1) is 7.22. The number of nitrogens with one attached hydrogen (secondary N) is 1. The Morgan fingerprint density at radius 1 is 1.47 bits per heavy atom. The van der Waals surface area contributed by atoms with Gasteiger partial charge in [-0.2, -0.15) is 0 Å². The summed E-state index contributed by atoms with van der Waals surface area (Å²) in [5, 5.41) is 0. The summed E-state index contributed by atoms with van der Waals surface area (Å²) in [7, 11) is 0. The molecule has 0 spiro atoms. The maximum Gasteiger partial charge on any atom is 0.0499 e. The van der Waals surface area contributed by atoms with Crippen LogP contribution < -0.4 is 11.3 Å². The second kappa shape index (κ2) is 5.12. The van der Waals surface area contributed by atoms with Gasteiger partial charge in [-0.15, -0.1) is 0 Å². The summed E-state index contributed by atoms with van der Waals surface area (Å²) in [4.78, 5) is 0. The lowest BCUT2D eigenvalue weighted by molar-refractivity contribution is 0.231. The average Bonchev–Trinajstić information content (AvgIpc) is 2.15. The van der Waals surface area contributed by atoms with Gasteiger partial charge in [-0.05, 0) is 65.1 Å². The summed E-state index contributed by atoms with van der Waals surface area (Å²) < 4.78 is 2.41. The molecule has 2 rings (SSSR count). The van der Waals surface area contributed by atoms with Crippen LogP contribution in [0.15, 0.2) is 22.7 Å². The Morgan fingerprint density at radius 2 is 2.20 bits per heavy atom. The molecule has 4 heteroatoms. The van der Waals surface area contributed by atoms with Crippen LogP contribution >= 0.6 is 38.5 Å². The van der Waals surface area contributed by atoms with Crippen molar-refractivity contribution in [2.45, 2.75) is 25.3 Å². The molecule has 0 bridgehead atoms. The zero-order valence-corrected chi connectivity index (χ0v) is 12.1. The number of hydrogen-bond donors (Lipinski definition) is 2. The van der Waals surface area contributed by atoms with Crippen molar-refractivity contribution in [1.29, 1.82) is 0 Å². The van der Waals surface area contributed by atoms with Gasteiger partial charge in [0.25, 0.3) is 0 Å². The first-order valence-electron chi connectivity index (χ1n) is 5.13. The molecule has 15 heavy (non-hydrogen) atoms. The average molecular weight is 381 g/mol. The Hall–Kier alpha value is 0.350. The fraction of sp³-hybridized carbons (Fsp3) is 0.455. The van der Waals surface area contributed by atoms with E-state index in [1.807, 2.05) is 0 Å². The van der Waals surface area contributed by atoms with Crippen molar-refractivity contribution in [3.05, 3.63) is 31.8 Å². The van der Waals surface area contributed by atoms with Crippen LogP contribution in [0.3, 0.4) is 0 Å². The number of halogens is 2. The number of hydrogen-bond acceptors (Lipinski definition) is 2. The van der Waals surface area contributed by atoms with E-state index in [9.17, 15) is 0 Å². The van der Waals surface area contributed by atoms with Gasteiger partial charge in [0.15, 0.2) is 0 Å². The van der Waals surface area contributed by atoms with Gasteiger partial charge in [0.05, 0.1) is 0 Å². The Bertz CT molecular complexity index is 352. The van der Waals surface area contributed by atoms with Gasteiger partial charge in [-0.3, -0.25) is 11.3 Å². The van der Waals surface area contributed by atoms with Crippen LogP contribution in [-0.2, 0) is 0 Å². The quantitative estimate of drug-likeness (QED) is 0.479. The minimum absolute atomic E-state index is 0.294. The zero-order chi connectivity index (χ0) is 10.8. The maximum absolute atomic E-state index is 5.66. The third-order valence-electron chi connectivity index (χ3n) is 3.09. The van der Waals surface area contributed by atoms with Crippen molar-refractivity contribution < 1.29 is 0 Å². The Balaban J connectivity index is 2.28. The van der Waals surface area contributed by atoms with Crippen LogP contribution in [-0.4, -0.2) is 0 Å². The van der Waals surface area contributed by atoms with Crippen LogP contribution in [0.2, 0.25) is 0 Å². The van der Waals surface area contributed by atoms with E-state index in [0.717, 1.165) is 4.47 Å². The van der Waals surface area contributed by atoms with Crippen molar-refractivity contribution in [2.24, 2.45) is 11.8 Å². The highest BCUT2D eigenvalue weighted by Crippen LogP contribution is 2.39. The molecule has 1 aromatic rings. The molecule has 2 nitrogen and oxygen atoms in total. The zero-order valence-electron chi connectivity index (χ0n) is 8.34. The van der Waals surface area contributed by atoms with Gasteiger partial charge in [-0.1, -0.05) is 22.4 Å². The normalized spacial score (nSPS) is 18.6. The monoisotopic (exact) mass is 380 g/mol. The minimum Gasteiger partial charge on any atom is -0.271 e. The highest BCUT2D eigenvalue weighted by atomic mass is 127.